The number of H-pyrrole nitrogens is 1. The van der Waals surface area contributed by atoms with E-state index in [-0.39, 0.29) is 16.9 Å². The lowest BCUT2D eigenvalue weighted by Gasteiger charge is -2.23. The Labute approximate surface area is 105 Å². The number of fused-ring (bicyclic) bond motifs is 1. The summed E-state index contributed by atoms with van der Waals surface area (Å²) in [4.78, 5) is 16.6. The summed E-state index contributed by atoms with van der Waals surface area (Å²) in [5, 5.41) is 4.15. The number of aromatic nitrogens is 2. The summed E-state index contributed by atoms with van der Waals surface area (Å²) in [6.45, 7) is 10.4. The Morgan fingerprint density at radius 1 is 1.35 bits per heavy atom. The minimum atomic E-state index is 0.0103. The third-order valence-corrected chi connectivity index (χ3v) is 4.37. The zero-order chi connectivity index (χ0) is 12.7. The van der Waals surface area contributed by atoms with Gasteiger partial charge in [0.2, 0.25) is 0 Å². The van der Waals surface area contributed by atoms with E-state index in [1.54, 1.807) is 11.8 Å². The van der Waals surface area contributed by atoms with Crippen molar-refractivity contribution in [2.24, 2.45) is 10.9 Å². The van der Waals surface area contributed by atoms with Gasteiger partial charge in [-0.1, -0.05) is 13.8 Å². The van der Waals surface area contributed by atoms with Crippen LogP contribution in [0.4, 0.5) is 5.82 Å². The molecule has 5 heteroatoms. The van der Waals surface area contributed by atoms with Crippen molar-refractivity contribution in [2.75, 3.05) is 0 Å². The molecule has 0 aromatic carbocycles. The van der Waals surface area contributed by atoms with Gasteiger partial charge in [-0.2, -0.15) is 0 Å². The van der Waals surface area contributed by atoms with Gasteiger partial charge in [0.25, 0.3) is 5.56 Å². The van der Waals surface area contributed by atoms with E-state index in [0.717, 1.165) is 16.4 Å². The van der Waals surface area contributed by atoms with Crippen LogP contribution in [0.5, 0.6) is 0 Å². The van der Waals surface area contributed by atoms with E-state index in [4.69, 9.17) is 0 Å². The number of hydrogen-bond acceptors (Lipinski definition) is 3. The Bertz CT molecular complexity index is 510. The van der Waals surface area contributed by atoms with Crippen LogP contribution in [0.15, 0.2) is 9.79 Å². The van der Waals surface area contributed by atoms with Crippen molar-refractivity contribution in [3.63, 3.8) is 0 Å². The molecule has 1 aliphatic heterocycles. The van der Waals surface area contributed by atoms with Crippen molar-refractivity contribution in [2.45, 2.75) is 45.9 Å². The van der Waals surface area contributed by atoms with E-state index in [1.807, 2.05) is 25.5 Å². The average Bonchev–Trinajstić information content (AvgIpc) is 2.54. The molecule has 0 radical (unpaired) electrons. The average molecular weight is 253 g/mol. The number of nitrogens with one attached hydrogen (secondary N) is 1. The van der Waals surface area contributed by atoms with Crippen LogP contribution < -0.4 is 5.56 Å². The molecular weight excluding hydrogens is 234 g/mol. The summed E-state index contributed by atoms with van der Waals surface area (Å²) in [6, 6.07) is 0.221. The van der Waals surface area contributed by atoms with E-state index in [1.165, 1.54) is 0 Å². The van der Waals surface area contributed by atoms with Crippen LogP contribution in [0, 0.1) is 5.92 Å². The normalized spacial score (nSPS) is 19.7. The molecule has 0 fully saturated rings. The highest BCUT2D eigenvalue weighted by atomic mass is 32.2. The lowest BCUT2D eigenvalue weighted by atomic mass is 10.0. The Kier molecular flexibility index (Phi) is 3.21. The Hall–Kier alpha value is -0.970. The van der Waals surface area contributed by atoms with Gasteiger partial charge in [-0.05, 0) is 26.7 Å². The molecule has 0 aliphatic carbocycles. The Morgan fingerprint density at radius 2 is 2.00 bits per heavy atom. The summed E-state index contributed by atoms with van der Waals surface area (Å²) in [6.07, 6.45) is 0. The molecule has 0 spiro atoms. The smallest absolute Gasteiger partial charge is 0.268 e. The molecule has 2 rings (SSSR count). The van der Waals surface area contributed by atoms with Crippen LogP contribution in [-0.2, 0) is 0 Å². The van der Waals surface area contributed by atoms with E-state index >= 15 is 0 Å². The van der Waals surface area contributed by atoms with E-state index in [2.05, 4.69) is 23.9 Å². The molecule has 1 aliphatic rings. The van der Waals surface area contributed by atoms with Crippen LogP contribution >= 0.6 is 11.8 Å². The molecule has 4 nitrogen and oxygen atoms in total. The lowest BCUT2D eigenvalue weighted by Crippen LogP contribution is -2.16. The zero-order valence-corrected chi connectivity index (χ0v) is 11.8. The molecule has 1 aromatic rings. The van der Waals surface area contributed by atoms with Crippen LogP contribution in [0.1, 0.15) is 51.5 Å². The molecule has 0 saturated carbocycles. The summed E-state index contributed by atoms with van der Waals surface area (Å²) in [5.74, 6) is 1.24. The van der Waals surface area contributed by atoms with Crippen molar-refractivity contribution in [3.05, 3.63) is 15.9 Å². The molecular formula is C12H19N3OS. The first-order chi connectivity index (χ1) is 7.91. The Morgan fingerprint density at radius 3 is 2.53 bits per heavy atom. The molecule has 0 amide bonds. The minimum Gasteiger partial charge on any atom is -0.268 e. The van der Waals surface area contributed by atoms with Crippen molar-refractivity contribution in [3.8, 4) is 0 Å². The molecule has 0 saturated heterocycles. The van der Waals surface area contributed by atoms with Gasteiger partial charge in [-0.3, -0.25) is 14.6 Å². The highest BCUT2D eigenvalue weighted by molar-refractivity contribution is 8.14. The van der Waals surface area contributed by atoms with Crippen LogP contribution in [-0.4, -0.2) is 14.8 Å². The maximum atomic E-state index is 12.1. The summed E-state index contributed by atoms with van der Waals surface area (Å²) >= 11 is 1.69. The number of rotatable bonds is 2. The quantitative estimate of drug-likeness (QED) is 0.879. The third kappa shape index (κ3) is 2.08. The van der Waals surface area contributed by atoms with Gasteiger partial charge in [0.1, 0.15) is 0 Å². The predicted molar refractivity (Wildman–Crippen MR) is 73.4 cm³/mol. The first-order valence-corrected chi connectivity index (χ1v) is 6.86. The number of nitrogens with zero attached hydrogens (tertiary/aromatic N) is 2. The fourth-order valence-electron chi connectivity index (χ4n) is 2.09. The van der Waals surface area contributed by atoms with Gasteiger partial charge in [-0.15, -0.1) is 11.8 Å². The fourth-order valence-corrected chi connectivity index (χ4v) is 3.19. The van der Waals surface area contributed by atoms with Crippen LogP contribution in [0.3, 0.4) is 0 Å². The van der Waals surface area contributed by atoms with Crippen LogP contribution in [0.2, 0.25) is 0 Å². The highest BCUT2D eigenvalue weighted by Gasteiger charge is 2.31. The van der Waals surface area contributed by atoms with E-state index in [0.29, 0.717) is 5.92 Å². The van der Waals surface area contributed by atoms with Crippen molar-refractivity contribution >= 4 is 22.6 Å². The highest BCUT2D eigenvalue weighted by Crippen LogP contribution is 2.43. The first kappa shape index (κ1) is 12.5. The predicted octanol–water partition coefficient (Wildman–Crippen LogP) is 3.25. The summed E-state index contributed by atoms with van der Waals surface area (Å²) < 4.78 is 1.87. The SMILES string of the molecule is CC1=Nc2c(c(=O)[nH]n2C(C)C)[C@H](C(C)C)S1. The second-order valence-corrected chi connectivity index (χ2v) is 6.39. The van der Waals surface area contributed by atoms with Gasteiger partial charge in [0.05, 0.1) is 10.6 Å². The molecule has 2 heterocycles. The number of aromatic amines is 1. The third-order valence-electron chi connectivity index (χ3n) is 2.90. The second-order valence-electron chi connectivity index (χ2n) is 5.06. The van der Waals surface area contributed by atoms with Crippen molar-refractivity contribution < 1.29 is 0 Å². The summed E-state index contributed by atoms with van der Waals surface area (Å²) in [7, 11) is 0. The fraction of sp³-hybridized carbons (Fsp3) is 0.667. The molecule has 1 aromatic heterocycles. The maximum absolute atomic E-state index is 12.1. The maximum Gasteiger partial charge on any atom is 0.270 e. The van der Waals surface area contributed by atoms with Gasteiger partial charge < -0.3 is 0 Å². The molecule has 1 atom stereocenters. The number of hydrogen-bond donors (Lipinski definition) is 1. The second kappa shape index (κ2) is 4.37. The molecule has 17 heavy (non-hydrogen) atoms. The largest absolute Gasteiger partial charge is 0.270 e. The lowest BCUT2D eigenvalue weighted by molar-refractivity contribution is 0.532. The van der Waals surface area contributed by atoms with Crippen molar-refractivity contribution in [1.82, 2.24) is 9.78 Å². The topological polar surface area (TPSA) is 50.1 Å². The number of thioether (sulfide) groups is 1. The van der Waals surface area contributed by atoms with E-state index < -0.39 is 0 Å². The standard InChI is InChI=1S/C12H19N3OS/c1-6(2)10-9-11(13-8(5)17-10)15(7(3)4)14-12(9)16/h6-7,10H,1-5H3,(H,14,16)/t10-/m0/s1. The monoisotopic (exact) mass is 253 g/mol. The van der Waals surface area contributed by atoms with Crippen LogP contribution in [0.25, 0.3) is 0 Å². The van der Waals surface area contributed by atoms with Crippen molar-refractivity contribution in [1.29, 1.82) is 0 Å². The summed E-state index contributed by atoms with van der Waals surface area (Å²) in [5.41, 5.74) is 0.848. The number of aliphatic imine (C=N–C) groups is 1. The first-order valence-electron chi connectivity index (χ1n) is 5.98. The van der Waals surface area contributed by atoms with Gasteiger partial charge in [-0.25, -0.2) is 4.99 Å². The molecule has 1 N–H and O–H groups in total. The van der Waals surface area contributed by atoms with Gasteiger partial charge >= 0.3 is 0 Å². The molecule has 0 bridgehead atoms. The van der Waals surface area contributed by atoms with E-state index in [9.17, 15) is 4.79 Å². The van der Waals surface area contributed by atoms with Gasteiger partial charge in [0.15, 0.2) is 5.82 Å². The zero-order valence-electron chi connectivity index (χ0n) is 10.9. The minimum absolute atomic E-state index is 0.0103. The molecule has 94 valence electrons. The Balaban J connectivity index is 2.64. The molecule has 0 unspecified atom stereocenters. The van der Waals surface area contributed by atoms with Gasteiger partial charge in [0, 0.05) is 11.3 Å².